The average molecular weight is 299 g/mol. The van der Waals surface area contributed by atoms with E-state index in [1.807, 2.05) is 30.3 Å². The van der Waals surface area contributed by atoms with Crippen molar-refractivity contribution in [3.63, 3.8) is 0 Å². The fourth-order valence-corrected chi connectivity index (χ4v) is 2.97. The third kappa shape index (κ3) is 2.73. The maximum atomic E-state index is 10.1. The Bertz CT molecular complexity index is 708. The van der Waals surface area contributed by atoms with Crippen molar-refractivity contribution in [3.8, 4) is 6.07 Å². The van der Waals surface area contributed by atoms with Crippen LogP contribution >= 0.6 is 11.6 Å². The van der Waals surface area contributed by atoms with Crippen LogP contribution < -0.4 is 4.90 Å². The molecule has 0 amide bonds. The van der Waals surface area contributed by atoms with Crippen LogP contribution in [0.4, 0.5) is 5.69 Å². The molecule has 1 N–H and O–H groups in total. The number of nitrogens with zero attached hydrogens (tertiary/aromatic N) is 2. The van der Waals surface area contributed by atoms with Crippen LogP contribution in [0.1, 0.15) is 29.2 Å². The molecule has 0 fully saturated rings. The van der Waals surface area contributed by atoms with E-state index in [0.717, 1.165) is 23.4 Å². The smallest absolute Gasteiger partial charge is 0.0992 e. The third-order valence-corrected chi connectivity index (χ3v) is 4.20. The quantitative estimate of drug-likeness (QED) is 0.920. The molecule has 1 aliphatic heterocycles. The Balaban J connectivity index is 1.90. The van der Waals surface area contributed by atoms with Crippen molar-refractivity contribution < 1.29 is 5.11 Å². The Hall–Kier alpha value is -2.02. The number of hydrogen-bond acceptors (Lipinski definition) is 3. The van der Waals surface area contributed by atoms with Gasteiger partial charge in [-0.2, -0.15) is 5.26 Å². The minimum Gasteiger partial charge on any atom is -0.388 e. The highest BCUT2D eigenvalue weighted by Gasteiger charge is 2.23. The molecule has 2 aromatic carbocycles. The van der Waals surface area contributed by atoms with E-state index in [-0.39, 0.29) is 0 Å². The van der Waals surface area contributed by atoms with E-state index in [1.54, 1.807) is 12.1 Å². The van der Waals surface area contributed by atoms with Gasteiger partial charge in [0.2, 0.25) is 0 Å². The SMILES string of the molecule is N#Cc1ccc(CN2CCC(O)c3ccccc32)c(Cl)c1. The number of para-hydroxylation sites is 1. The zero-order valence-electron chi connectivity index (χ0n) is 11.5. The number of hydrogen-bond donors (Lipinski definition) is 1. The predicted octanol–water partition coefficient (Wildman–Crippen LogP) is 3.66. The van der Waals surface area contributed by atoms with Gasteiger partial charge < -0.3 is 10.0 Å². The molecule has 0 radical (unpaired) electrons. The Labute approximate surface area is 129 Å². The Morgan fingerprint density at radius 3 is 2.86 bits per heavy atom. The van der Waals surface area contributed by atoms with Crippen LogP contribution in [-0.4, -0.2) is 11.7 Å². The number of aliphatic hydroxyl groups is 1. The lowest BCUT2D eigenvalue weighted by Crippen LogP contribution is -2.30. The zero-order chi connectivity index (χ0) is 14.8. The second-order valence-electron chi connectivity index (χ2n) is 5.20. The number of benzene rings is 2. The summed E-state index contributed by atoms with van der Waals surface area (Å²) >= 11 is 6.26. The number of anilines is 1. The van der Waals surface area contributed by atoms with Gasteiger partial charge in [0.05, 0.1) is 17.7 Å². The van der Waals surface area contributed by atoms with Gasteiger partial charge in [0.15, 0.2) is 0 Å². The zero-order valence-corrected chi connectivity index (χ0v) is 12.2. The van der Waals surface area contributed by atoms with E-state index in [2.05, 4.69) is 11.0 Å². The van der Waals surface area contributed by atoms with Crippen molar-refractivity contribution in [3.05, 3.63) is 64.2 Å². The van der Waals surface area contributed by atoms with Crippen molar-refractivity contribution >= 4 is 17.3 Å². The molecule has 1 aliphatic rings. The van der Waals surface area contributed by atoms with Gasteiger partial charge in [0.25, 0.3) is 0 Å². The first-order valence-electron chi connectivity index (χ1n) is 6.89. The van der Waals surface area contributed by atoms with E-state index in [1.165, 1.54) is 0 Å². The van der Waals surface area contributed by atoms with Gasteiger partial charge in [-0.15, -0.1) is 0 Å². The normalized spacial score (nSPS) is 17.2. The maximum absolute atomic E-state index is 10.1. The minimum absolute atomic E-state index is 0.395. The fourth-order valence-electron chi connectivity index (χ4n) is 2.73. The Kier molecular flexibility index (Phi) is 3.83. The highest BCUT2D eigenvalue weighted by Crippen LogP contribution is 2.35. The number of aliphatic hydroxyl groups excluding tert-OH is 1. The van der Waals surface area contributed by atoms with Crippen LogP contribution in [0.3, 0.4) is 0 Å². The van der Waals surface area contributed by atoms with Crippen LogP contribution in [0.25, 0.3) is 0 Å². The van der Waals surface area contributed by atoms with Crippen molar-refractivity contribution in [2.45, 2.75) is 19.1 Å². The highest BCUT2D eigenvalue weighted by atomic mass is 35.5. The predicted molar refractivity (Wildman–Crippen MR) is 83.2 cm³/mol. The molecular weight excluding hydrogens is 284 g/mol. The lowest BCUT2D eigenvalue weighted by Gasteiger charge is -2.34. The maximum Gasteiger partial charge on any atom is 0.0992 e. The summed E-state index contributed by atoms with van der Waals surface area (Å²) in [6, 6.07) is 15.4. The van der Waals surface area contributed by atoms with Gasteiger partial charge in [-0.05, 0) is 30.2 Å². The monoisotopic (exact) mass is 298 g/mol. The summed E-state index contributed by atoms with van der Waals surface area (Å²) in [5.74, 6) is 0. The standard InChI is InChI=1S/C17H15ClN2O/c18-15-9-12(10-19)5-6-13(15)11-20-8-7-17(21)14-3-1-2-4-16(14)20/h1-6,9,17,21H,7-8,11H2. The molecule has 0 saturated heterocycles. The molecule has 0 aromatic heterocycles. The van der Waals surface area contributed by atoms with Crippen molar-refractivity contribution in [1.82, 2.24) is 0 Å². The van der Waals surface area contributed by atoms with Crippen molar-refractivity contribution in [2.24, 2.45) is 0 Å². The van der Waals surface area contributed by atoms with Gasteiger partial charge >= 0.3 is 0 Å². The van der Waals surface area contributed by atoms with Gasteiger partial charge in [-0.1, -0.05) is 35.9 Å². The number of halogens is 1. The summed E-state index contributed by atoms with van der Waals surface area (Å²) in [5.41, 5.74) is 3.57. The first kappa shape index (κ1) is 13.9. The first-order valence-corrected chi connectivity index (χ1v) is 7.27. The third-order valence-electron chi connectivity index (χ3n) is 3.85. The van der Waals surface area contributed by atoms with Crippen LogP contribution in [0.15, 0.2) is 42.5 Å². The molecule has 1 atom stereocenters. The fraction of sp³-hybridized carbons (Fsp3) is 0.235. The molecular formula is C17H15ClN2O. The molecule has 1 heterocycles. The lowest BCUT2D eigenvalue weighted by molar-refractivity contribution is 0.164. The molecule has 4 heteroatoms. The summed E-state index contributed by atoms with van der Waals surface area (Å²) < 4.78 is 0. The summed E-state index contributed by atoms with van der Waals surface area (Å²) in [5, 5.41) is 19.6. The molecule has 0 aliphatic carbocycles. The Morgan fingerprint density at radius 2 is 2.10 bits per heavy atom. The van der Waals surface area contributed by atoms with E-state index in [4.69, 9.17) is 16.9 Å². The number of rotatable bonds is 2. The highest BCUT2D eigenvalue weighted by molar-refractivity contribution is 6.31. The van der Waals surface area contributed by atoms with E-state index >= 15 is 0 Å². The van der Waals surface area contributed by atoms with Crippen LogP contribution in [0, 0.1) is 11.3 Å². The molecule has 21 heavy (non-hydrogen) atoms. The molecule has 3 nitrogen and oxygen atoms in total. The molecule has 0 spiro atoms. The van der Waals surface area contributed by atoms with E-state index < -0.39 is 6.10 Å². The summed E-state index contributed by atoms with van der Waals surface area (Å²) in [4.78, 5) is 2.22. The number of nitriles is 1. The van der Waals surface area contributed by atoms with Crippen molar-refractivity contribution in [2.75, 3.05) is 11.4 Å². The summed E-state index contributed by atoms with van der Waals surface area (Å²) in [6.45, 7) is 1.46. The van der Waals surface area contributed by atoms with Crippen LogP contribution in [0.2, 0.25) is 5.02 Å². The average Bonchev–Trinajstić information content (AvgIpc) is 2.52. The largest absolute Gasteiger partial charge is 0.388 e. The molecule has 2 aromatic rings. The molecule has 1 unspecified atom stereocenters. The first-order chi connectivity index (χ1) is 10.2. The second-order valence-corrected chi connectivity index (χ2v) is 5.61. The van der Waals surface area contributed by atoms with E-state index in [9.17, 15) is 5.11 Å². The van der Waals surface area contributed by atoms with Gasteiger partial charge in [-0.3, -0.25) is 0 Å². The second kappa shape index (κ2) is 5.77. The van der Waals surface area contributed by atoms with Gasteiger partial charge in [0.1, 0.15) is 0 Å². The summed E-state index contributed by atoms with van der Waals surface area (Å²) in [6.07, 6.45) is 0.319. The number of fused-ring (bicyclic) bond motifs is 1. The van der Waals surface area contributed by atoms with Gasteiger partial charge in [-0.25, -0.2) is 0 Å². The van der Waals surface area contributed by atoms with Crippen LogP contribution in [0.5, 0.6) is 0 Å². The van der Waals surface area contributed by atoms with Gasteiger partial charge in [0, 0.05) is 29.4 Å². The minimum atomic E-state index is -0.395. The summed E-state index contributed by atoms with van der Waals surface area (Å²) in [7, 11) is 0. The van der Waals surface area contributed by atoms with Crippen molar-refractivity contribution in [1.29, 1.82) is 5.26 Å². The Morgan fingerprint density at radius 1 is 1.29 bits per heavy atom. The molecule has 106 valence electrons. The topological polar surface area (TPSA) is 47.3 Å². The lowest BCUT2D eigenvalue weighted by atomic mass is 9.98. The van der Waals surface area contributed by atoms with Crippen LogP contribution in [-0.2, 0) is 6.54 Å². The molecule has 3 rings (SSSR count). The molecule has 0 bridgehead atoms. The van der Waals surface area contributed by atoms with E-state index in [0.29, 0.717) is 23.6 Å². The molecule has 0 saturated carbocycles.